The third-order valence-corrected chi connectivity index (χ3v) is 4.04. The van der Waals surface area contributed by atoms with Crippen LogP contribution in [0.3, 0.4) is 0 Å². The molecule has 106 valence electrons. The predicted molar refractivity (Wildman–Crippen MR) is 66.9 cm³/mol. The molecule has 0 fully saturated rings. The van der Waals surface area contributed by atoms with Crippen LogP contribution in [0.4, 0.5) is 0 Å². The van der Waals surface area contributed by atoms with E-state index in [-0.39, 0.29) is 13.2 Å². The van der Waals surface area contributed by atoms with E-state index in [0.717, 1.165) is 0 Å². The summed E-state index contributed by atoms with van der Waals surface area (Å²) in [5, 5.41) is 8.70. The molecule has 0 aromatic carbocycles. The Bertz CT molecular complexity index is 302. The van der Waals surface area contributed by atoms with Crippen molar-refractivity contribution in [1.29, 1.82) is 0 Å². The van der Waals surface area contributed by atoms with E-state index in [9.17, 15) is 9.59 Å². The molecule has 0 aliphatic carbocycles. The van der Waals surface area contributed by atoms with Gasteiger partial charge in [-0.2, -0.15) is 0 Å². The van der Waals surface area contributed by atoms with E-state index < -0.39 is 22.8 Å². The van der Waals surface area contributed by atoms with Gasteiger partial charge in [0.2, 0.25) is 0 Å². The molecule has 2 unspecified atom stereocenters. The number of methoxy groups -OCH3 is 1. The second-order valence-electron chi connectivity index (χ2n) is 4.72. The minimum Gasteiger partial charge on any atom is -0.469 e. The summed E-state index contributed by atoms with van der Waals surface area (Å²) in [6.45, 7) is 6.79. The topological polar surface area (TPSA) is 72.8 Å². The van der Waals surface area contributed by atoms with Crippen molar-refractivity contribution < 1.29 is 24.2 Å². The van der Waals surface area contributed by atoms with Crippen molar-refractivity contribution in [2.75, 3.05) is 20.3 Å². The zero-order valence-corrected chi connectivity index (χ0v) is 11.9. The lowest BCUT2D eigenvalue weighted by molar-refractivity contribution is -0.178. The third-order valence-electron chi connectivity index (χ3n) is 4.04. The first kappa shape index (κ1) is 16.9. The van der Waals surface area contributed by atoms with Gasteiger partial charge in [0, 0.05) is 0 Å². The van der Waals surface area contributed by atoms with Crippen molar-refractivity contribution in [3.05, 3.63) is 0 Å². The normalized spacial score (nSPS) is 17.4. The molecular weight excluding hydrogens is 236 g/mol. The summed E-state index contributed by atoms with van der Waals surface area (Å²) in [7, 11) is 1.31. The fourth-order valence-electron chi connectivity index (χ4n) is 2.04. The molecule has 0 bridgehead atoms. The van der Waals surface area contributed by atoms with Crippen LogP contribution in [0.2, 0.25) is 0 Å². The van der Waals surface area contributed by atoms with Crippen LogP contribution in [0.25, 0.3) is 0 Å². The molecule has 0 amide bonds. The van der Waals surface area contributed by atoms with Crippen molar-refractivity contribution in [2.24, 2.45) is 10.8 Å². The van der Waals surface area contributed by atoms with E-state index in [1.165, 1.54) is 7.11 Å². The standard InChI is InChI=1S/C13H24O5/c1-6-12(3,10(15)17-5)13(4,7-2)11(16)18-9-8-14/h14H,6-9H2,1-5H3. The molecule has 0 aliphatic heterocycles. The lowest BCUT2D eigenvalue weighted by Crippen LogP contribution is -2.49. The third kappa shape index (κ3) is 2.83. The molecule has 18 heavy (non-hydrogen) atoms. The Balaban J connectivity index is 5.33. The zero-order chi connectivity index (χ0) is 14.4. The predicted octanol–water partition coefficient (Wildman–Crippen LogP) is 1.53. The van der Waals surface area contributed by atoms with E-state index in [0.29, 0.717) is 12.8 Å². The summed E-state index contributed by atoms with van der Waals surface area (Å²) in [5.41, 5.74) is -1.91. The number of hydrogen-bond acceptors (Lipinski definition) is 5. The Morgan fingerprint density at radius 1 is 1.06 bits per heavy atom. The summed E-state index contributed by atoms with van der Waals surface area (Å²) in [4.78, 5) is 24.1. The van der Waals surface area contributed by atoms with Crippen LogP contribution < -0.4 is 0 Å². The number of carbonyl (C=O) groups excluding carboxylic acids is 2. The molecule has 0 radical (unpaired) electrons. The number of aliphatic hydroxyl groups excluding tert-OH is 1. The maximum Gasteiger partial charge on any atom is 0.313 e. The molecule has 0 aliphatic rings. The van der Waals surface area contributed by atoms with E-state index >= 15 is 0 Å². The fourth-order valence-corrected chi connectivity index (χ4v) is 2.04. The van der Waals surface area contributed by atoms with Crippen molar-refractivity contribution in [2.45, 2.75) is 40.5 Å². The van der Waals surface area contributed by atoms with Gasteiger partial charge in [-0.05, 0) is 26.7 Å². The van der Waals surface area contributed by atoms with E-state index in [1.54, 1.807) is 13.8 Å². The van der Waals surface area contributed by atoms with Gasteiger partial charge in [-0.3, -0.25) is 9.59 Å². The van der Waals surface area contributed by atoms with Crippen LogP contribution in [0.5, 0.6) is 0 Å². The van der Waals surface area contributed by atoms with Gasteiger partial charge in [0.25, 0.3) is 0 Å². The number of hydrogen-bond donors (Lipinski definition) is 1. The average Bonchev–Trinajstić information content (AvgIpc) is 2.41. The van der Waals surface area contributed by atoms with Gasteiger partial charge in [-0.25, -0.2) is 0 Å². The van der Waals surface area contributed by atoms with Crippen molar-refractivity contribution >= 4 is 11.9 Å². The van der Waals surface area contributed by atoms with Gasteiger partial charge in [0.1, 0.15) is 6.61 Å². The Morgan fingerprint density at radius 2 is 1.50 bits per heavy atom. The van der Waals surface area contributed by atoms with Crippen molar-refractivity contribution in [1.82, 2.24) is 0 Å². The lowest BCUT2D eigenvalue weighted by atomic mass is 9.62. The largest absolute Gasteiger partial charge is 0.469 e. The maximum atomic E-state index is 12.1. The van der Waals surface area contributed by atoms with Crippen LogP contribution in [0.15, 0.2) is 0 Å². The Hall–Kier alpha value is -1.10. The summed E-state index contributed by atoms with van der Waals surface area (Å²) in [6, 6.07) is 0. The molecule has 2 atom stereocenters. The second kappa shape index (κ2) is 6.73. The van der Waals surface area contributed by atoms with Gasteiger partial charge in [-0.15, -0.1) is 0 Å². The van der Waals surface area contributed by atoms with E-state index in [4.69, 9.17) is 14.6 Å². The molecule has 0 aromatic heterocycles. The molecule has 5 nitrogen and oxygen atoms in total. The van der Waals surface area contributed by atoms with Gasteiger partial charge in [-0.1, -0.05) is 13.8 Å². The summed E-state index contributed by atoms with van der Waals surface area (Å²) in [6.07, 6.45) is 0.926. The molecule has 5 heteroatoms. The number of aliphatic hydroxyl groups is 1. The van der Waals surface area contributed by atoms with Gasteiger partial charge >= 0.3 is 11.9 Å². The zero-order valence-electron chi connectivity index (χ0n) is 11.9. The van der Waals surface area contributed by atoms with Gasteiger partial charge in [0.05, 0.1) is 24.5 Å². The minimum absolute atomic E-state index is 0.0601. The molecular formula is C13H24O5. The Labute approximate surface area is 108 Å². The maximum absolute atomic E-state index is 12.1. The molecule has 0 aromatic rings. The quantitative estimate of drug-likeness (QED) is 0.703. The van der Waals surface area contributed by atoms with Crippen LogP contribution >= 0.6 is 0 Å². The first-order valence-corrected chi connectivity index (χ1v) is 6.20. The van der Waals surface area contributed by atoms with E-state index in [2.05, 4.69) is 0 Å². The molecule has 0 rings (SSSR count). The van der Waals surface area contributed by atoms with Crippen LogP contribution in [-0.2, 0) is 19.1 Å². The first-order chi connectivity index (χ1) is 8.33. The van der Waals surface area contributed by atoms with Crippen molar-refractivity contribution in [3.63, 3.8) is 0 Å². The van der Waals surface area contributed by atoms with Crippen LogP contribution in [-0.4, -0.2) is 37.4 Å². The van der Waals surface area contributed by atoms with Crippen LogP contribution in [0, 0.1) is 10.8 Å². The highest BCUT2D eigenvalue weighted by Gasteiger charge is 2.54. The lowest BCUT2D eigenvalue weighted by Gasteiger charge is -2.41. The van der Waals surface area contributed by atoms with Crippen molar-refractivity contribution in [3.8, 4) is 0 Å². The Kier molecular flexibility index (Phi) is 6.32. The fraction of sp³-hybridized carbons (Fsp3) is 0.846. The molecule has 0 spiro atoms. The monoisotopic (exact) mass is 260 g/mol. The molecule has 0 saturated carbocycles. The average molecular weight is 260 g/mol. The second-order valence-corrected chi connectivity index (χ2v) is 4.72. The highest BCUT2D eigenvalue weighted by atomic mass is 16.5. The van der Waals surface area contributed by atoms with Gasteiger partial charge in [0.15, 0.2) is 0 Å². The Morgan fingerprint density at radius 3 is 1.83 bits per heavy atom. The minimum atomic E-state index is -0.968. The molecule has 0 saturated heterocycles. The smallest absolute Gasteiger partial charge is 0.313 e. The summed E-state index contributed by atoms with van der Waals surface area (Å²) < 4.78 is 9.81. The van der Waals surface area contributed by atoms with Gasteiger partial charge < -0.3 is 14.6 Å². The van der Waals surface area contributed by atoms with Crippen LogP contribution in [0.1, 0.15) is 40.5 Å². The highest BCUT2D eigenvalue weighted by Crippen LogP contribution is 2.46. The summed E-state index contributed by atoms with van der Waals surface area (Å²) >= 11 is 0. The number of ether oxygens (including phenoxy) is 2. The molecule has 1 N–H and O–H groups in total. The first-order valence-electron chi connectivity index (χ1n) is 6.20. The SMILES string of the molecule is CCC(C)(C(=O)OC)C(C)(CC)C(=O)OCCO. The number of carbonyl (C=O) groups is 2. The molecule has 0 heterocycles. The highest BCUT2D eigenvalue weighted by molar-refractivity contribution is 5.87. The number of esters is 2. The van der Waals surface area contributed by atoms with E-state index in [1.807, 2.05) is 13.8 Å². The number of rotatable bonds is 7. The summed E-state index contributed by atoms with van der Waals surface area (Å²) in [5.74, 6) is -0.899.